The molecule has 0 aliphatic carbocycles. The molecule has 0 aliphatic rings. The van der Waals surface area contributed by atoms with E-state index in [-0.39, 0.29) is 93.7 Å². The minimum absolute atomic E-state index is 0. The summed E-state index contributed by atoms with van der Waals surface area (Å²) >= 11 is 0. The van der Waals surface area contributed by atoms with Crippen molar-refractivity contribution in [2.75, 3.05) is 59.0 Å². The van der Waals surface area contributed by atoms with Crippen molar-refractivity contribution in [2.45, 2.75) is 119 Å². The van der Waals surface area contributed by atoms with Gasteiger partial charge in [0, 0.05) is 84.1 Å². The van der Waals surface area contributed by atoms with Gasteiger partial charge in [0.25, 0.3) is 0 Å². The number of primary amides is 1. The number of ketones is 2. The maximum atomic E-state index is 13.1. The molecule has 2 aromatic rings. The zero-order chi connectivity index (χ0) is 58.8. The summed E-state index contributed by atoms with van der Waals surface area (Å²) in [6, 6.07) is 12.6. The van der Waals surface area contributed by atoms with Gasteiger partial charge in [-0.05, 0) is 60.1 Å². The quantitative estimate of drug-likeness (QED) is 0.00679. The predicted molar refractivity (Wildman–Crippen MR) is 294 cm³/mol. The van der Waals surface area contributed by atoms with Gasteiger partial charge >= 0.3 is 75.3 Å². The van der Waals surface area contributed by atoms with Crippen LogP contribution >= 0.6 is 8.56 Å². The van der Waals surface area contributed by atoms with E-state index in [0.29, 0.717) is 50.4 Å². The summed E-state index contributed by atoms with van der Waals surface area (Å²) < 4.78 is 17.9. The summed E-state index contributed by atoms with van der Waals surface area (Å²) in [5, 5.41) is 37.2. The number of ether oxygens (including phenoxy) is 2. The average Bonchev–Trinajstić information content (AvgIpc) is 3.39. The first-order chi connectivity index (χ1) is 37.1. The molecule has 0 spiro atoms. The Bertz CT molecular complexity index is 2230. The fourth-order valence-corrected chi connectivity index (χ4v) is 6.27. The number of rotatable bonds is 35. The van der Waals surface area contributed by atoms with Gasteiger partial charge in [-0.15, -0.1) is 0 Å². The van der Waals surface area contributed by atoms with Crippen molar-refractivity contribution < 1.29 is 52.7 Å². The first kappa shape index (κ1) is 71.2. The Kier molecular flexibility index (Phi) is 41.3. The summed E-state index contributed by atoms with van der Waals surface area (Å²) in [6.07, 6.45) is 1.53. The van der Waals surface area contributed by atoms with Crippen molar-refractivity contribution in [3.63, 3.8) is 0 Å². The number of carbonyl (C=O) groups excluding carboxylic acids is 7. The topological polar surface area (TPSA) is 398 Å². The molecule has 10 N–H and O–H groups in total. The summed E-state index contributed by atoms with van der Waals surface area (Å²) in [5.41, 5.74) is 14.4. The minimum atomic E-state index is -1.66. The monoisotopic (exact) mass is 1120 g/mol. The van der Waals surface area contributed by atoms with Gasteiger partial charge in [0.15, 0.2) is 25.2 Å². The molecule has 0 aromatic heterocycles. The molecule has 434 valence electrons. The van der Waals surface area contributed by atoms with E-state index in [9.17, 15) is 33.6 Å². The third-order valence-electron chi connectivity index (χ3n) is 9.96. The first-order valence-electron chi connectivity index (χ1n) is 24.8. The Hall–Kier alpha value is -6.82. The molecule has 1 unspecified atom stereocenters. The van der Waals surface area contributed by atoms with E-state index < -0.39 is 32.6 Å². The van der Waals surface area contributed by atoms with Crippen LogP contribution in [0.3, 0.4) is 0 Å². The van der Waals surface area contributed by atoms with Crippen molar-refractivity contribution in [1.29, 1.82) is 6.81 Å². The van der Waals surface area contributed by atoms with Gasteiger partial charge in [-0.2, -0.15) is 10.1 Å². The Balaban J connectivity index is 0. The third-order valence-corrected chi connectivity index (χ3v) is 10.3. The SMILES string of the molecule is C.CCC(=O)N[C@H](C(=O)CCC(=O)Nc1ccc(COCON(C)C)cc1)C(C)C.CCC(=O)N[C@H](C(=O)C[C@@H](CCCNC(N)=O)C(=O)Nc1ccc(COCON(C)C)cc1)C(C)C.[2H]P(B=N/N=N/N=N)N=N/N=N/N. The summed E-state index contributed by atoms with van der Waals surface area (Å²) in [4.78, 5) is 98.7. The van der Waals surface area contributed by atoms with Crippen molar-refractivity contribution >= 4 is 67.9 Å². The van der Waals surface area contributed by atoms with Crippen LogP contribution < -0.4 is 38.2 Å². The number of Topliss-reactive ketones (excluding diaryl/α,β-unsaturated/α-hetero) is 2. The van der Waals surface area contributed by atoms with Crippen LogP contribution in [-0.4, -0.2) is 120 Å². The molecule has 2 rings (SSSR count). The van der Waals surface area contributed by atoms with Gasteiger partial charge in [-0.1, -0.05) is 73.2 Å². The molecule has 31 heteroatoms. The Morgan fingerprint density at radius 2 is 1.22 bits per heavy atom. The first-order valence-corrected chi connectivity index (χ1v) is 25.3. The molecule has 0 fully saturated rings. The summed E-state index contributed by atoms with van der Waals surface area (Å²) in [7, 11) is 5.42. The number of carbonyl (C=O) groups is 7. The number of urea groups is 1. The molecule has 78 heavy (non-hydrogen) atoms. The second kappa shape index (κ2) is 45.2. The van der Waals surface area contributed by atoms with E-state index in [2.05, 4.69) is 73.7 Å². The number of amides is 6. The molecule has 2 aromatic carbocycles. The zero-order valence-corrected chi connectivity index (χ0v) is 46.5. The number of nitrogens with two attached hydrogens (primary N) is 2. The van der Waals surface area contributed by atoms with E-state index in [1.54, 1.807) is 76.4 Å². The van der Waals surface area contributed by atoms with Crippen LogP contribution in [-0.2, 0) is 61.1 Å². The van der Waals surface area contributed by atoms with E-state index in [1.165, 1.54) is 0 Å². The zero-order valence-electron chi connectivity index (χ0n) is 46.6. The van der Waals surface area contributed by atoms with E-state index in [4.69, 9.17) is 31.7 Å². The van der Waals surface area contributed by atoms with Gasteiger partial charge in [0.05, 0.1) is 25.3 Å². The van der Waals surface area contributed by atoms with E-state index >= 15 is 0 Å². The second-order valence-electron chi connectivity index (χ2n) is 17.3. The van der Waals surface area contributed by atoms with Crippen molar-refractivity contribution in [3.05, 3.63) is 59.7 Å². The molecule has 0 bridgehead atoms. The van der Waals surface area contributed by atoms with Gasteiger partial charge in [0.2, 0.25) is 23.6 Å². The van der Waals surface area contributed by atoms with Crippen LogP contribution in [0.2, 0.25) is 0 Å². The molecular formula is C47H82BN18O11P. The van der Waals surface area contributed by atoms with Crippen LogP contribution in [0.5, 0.6) is 0 Å². The number of hydroxylamine groups is 4. The van der Waals surface area contributed by atoms with Crippen LogP contribution in [0.15, 0.2) is 89.8 Å². The van der Waals surface area contributed by atoms with Crippen molar-refractivity contribution in [3.8, 4) is 0 Å². The molecule has 6 amide bonds. The number of nitrogens with one attached hydrogen (secondary N) is 6. The van der Waals surface area contributed by atoms with Crippen LogP contribution in [0.4, 0.5) is 16.2 Å². The van der Waals surface area contributed by atoms with Gasteiger partial charge in [0.1, 0.15) is 0 Å². The molecule has 0 radical (unpaired) electrons. The molecule has 0 heterocycles. The normalized spacial score (nSPS) is 12.8. The Labute approximate surface area is 460 Å². The number of benzene rings is 2. The van der Waals surface area contributed by atoms with Crippen LogP contribution in [0.1, 0.15) is 105 Å². The Morgan fingerprint density at radius 1 is 0.718 bits per heavy atom. The standard InChI is InChI=1S/C25H41N5O6.C21H33N3O5.CH4.BH4N10P/c1-6-22(32)29-23(17(2)3)21(31)14-19(8-7-13-27-25(26)34)24(33)28-20-11-9-18(10-12-20)15-35-16-36-30(4)5;1-6-19(26)23-21(15(2)3)18(25)11-12-20(27)22-17-9-7-16(8-10-17)13-28-14-29-24(4)5;;2-5-8-7-4-1-12-11-10-9-6-3/h9-12,17,19,23H,6-8,13-16H2,1-5H3,(H,28,33)(H,29,32)(H3,26,27,34);7-10,15,21H,6,11-14H2,1-5H3,(H,22,27)(H,23,26);1H4;2,12H,(H2,3,9,11)/b;;;5-2?,8-7+/t19-,23+;21-;;/m10../s1/i;;;12D. The fraction of sp³-hybridized carbons (Fsp3) is 0.596. The molecule has 0 aliphatic heterocycles. The van der Waals surface area contributed by atoms with Gasteiger partial charge in [-0.25, -0.2) is 4.79 Å². The number of anilines is 2. The van der Waals surface area contributed by atoms with Gasteiger partial charge < -0.3 is 41.8 Å². The van der Waals surface area contributed by atoms with Crippen molar-refractivity contribution in [2.24, 2.45) is 70.6 Å². The van der Waals surface area contributed by atoms with Crippen LogP contribution in [0, 0.1) is 23.3 Å². The average molecular weight is 1120 g/mol. The molecule has 0 saturated carbocycles. The van der Waals surface area contributed by atoms with Gasteiger partial charge in [-0.3, -0.25) is 38.4 Å². The summed E-state index contributed by atoms with van der Waals surface area (Å²) in [5.74, 6) is 2.54. The maximum absolute atomic E-state index is 13.1. The molecular weight excluding hydrogens is 1030 g/mol. The molecule has 0 saturated heterocycles. The number of hydrogen-bond acceptors (Lipinski definition) is 17. The summed E-state index contributed by atoms with van der Waals surface area (Å²) in [6.45, 7) is 13.3. The number of nitrogens with zero attached hydrogens (tertiary/aromatic N) is 10. The van der Waals surface area contributed by atoms with E-state index in [0.717, 1.165) is 17.9 Å². The van der Waals surface area contributed by atoms with Crippen LogP contribution in [0.25, 0.3) is 0 Å². The van der Waals surface area contributed by atoms with E-state index in [1.807, 2.05) is 52.0 Å². The molecule has 4 atom stereocenters. The Morgan fingerprint density at radius 3 is 1.67 bits per heavy atom. The fourth-order valence-electron chi connectivity index (χ4n) is 6.05. The number of hydrogen-bond donors (Lipinski definition) is 8. The second-order valence-corrected chi connectivity index (χ2v) is 17.9. The predicted octanol–water partition coefficient (Wildman–Crippen LogP) is 6.68. The van der Waals surface area contributed by atoms with Crippen molar-refractivity contribution in [1.82, 2.24) is 26.1 Å². The molecule has 29 nitrogen and oxygen atoms in total. The third kappa shape index (κ3) is 37.9.